The van der Waals surface area contributed by atoms with Gasteiger partial charge in [0, 0.05) is 0 Å². The summed E-state index contributed by atoms with van der Waals surface area (Å²) >= 11 is 0. The zero-order valence-corrected chi connectivity index (χ0v) is 9.56. The van der Waals surface area contributed by atoms with Crippen molar-refractivity contribution in [1.82, 2.24) is 0 Å². The van der Waals surface area contributed by atoms with E-state index in [1.807, 2.05) is 0 Å². The average Bonchev–Trinajstić information content (AvgIpc) is 2.05. The Morgan fingerprint density at radius 1 is 0.917 bits per heavy atom. The van der Waals surface area contributed by atoms with Gasteiger partial charge in [0.05, 0.1) is 0 Å². The van der Waals surface area contributed by atoms with Crippen LogP contribution in [-0.4, -0.2) is 0 Å². The Hall–Kier alpha value is 0. The highest BCUT2D eigenvalue weighted by Gasteiger charge is 2.20. The second-order valence-electron chi connectivity index (χ2n) is 4.27. The minimum Gasteiger partial charge on any atom is -0.0654 e. The van der Waals surface area contributed by atoms with Gasteiger partial charge in [0.25, 0.3) is 0 Å². The standard InChI is InChI=1S/C12H26/c1-6-9-12(10(4)5)11(7-2)8-3/h10-12H,6-9H2,1-5H3. The Kier molecular flexibility index (Phi) is 6.51. The van der Waals surface area contributed by atoms with Crippen LogP contribution in [0.1, 0.15) is 60.3 Å². The maximum atomic E-state index is 2.37. The van der Waals surface area contributed by atoms with Crippen LogP contribution in [0.3, 0.4) is 0 Å². The van der Waals surface area contributed by atoms with Gasteiger partial charge in [0.1, 0.15) is 0 Å². The van der Waals surface area contributed by atoms with Crippen LogP contribution in [0, 0.1) is 17.8 Å². The van der Waals surface area contributed by atoms with Gasteiger partial charge in [0.15, 0.2) is 0 Å². The van der Waals surface area contributed by atoms with E-state index in [4.69, 9.17) is 0 Å². The molecule has 1 atom stereocenters. The lowest BCUT2D eigenvalue weighted by Gasteiger charge is -2.28. The summed E-state index contributed by atoms with van der Waals surface area (Å²) in [4.78, 5) is 0. The molecule has 0 fully saturated rings. The van der Waals surface area contributed by atoms with Crippen LogP contribution < -0.4 is 0 Å². The molecule has 0 heterocycles. The molecule has 74 valence electrons. The first kappa shape index (κ1) is 12.0. The molecule has 0 radical (unpaired) electrons. The van der Waals surface area contributed by atoms with Gasteiger partial charge >= 0.3 is 0 Å². The monoisotopic (exact) mass is 170 g/mol. The van der Waals surface area contributed by atoms with Gasteiger partial charge in [-0.05, 0) is 17.8 Å². The van der Waals surface area contributed by atoms with Gasteiger partial charge in [0.2, 0.25) is 0 Å². The van der Waals surface area contributed by atoms with Crippen molar-refractivity contribution in [1.29, 1.82) is 0 Å². The summed E-state index contributed by atoms with van der Waals surface area (Å²) in [6.45, 7) is 11.7. The molecule has 0 aliphatic heterocycles. The van der Waals surface area contributed by atoms with Crippen LogP contribution in [0.5, 0.6) is 0 Å². The second-order valence-corrected chi connectivity index (χ2v) is 4.27. The molecule has 0 saturated heterocycles. The van der Waals surface area contributed by atoms with Gasteiger partial charge in [-0.1, -0.05) is 60.3 Å². The fraction of sp³-hybridized carbons (Fsp3) is 1.00. The third-order valence-corrected chi connectivity index (χ3v) is 3.13. The SMILES string of the molecule is CCCC(C(C)C)C(CC)CC. The van der Waals surface area contributed by atoms with Crippen LogP contribution in [0.25, 0.3) is 0 Å². The molecule has 0 aromatic carbocycles. The van der Waals surface area contributed by atoms with E-state index in [0.717, 1.165) is 17.8 Å². The summed E-state index contributed by atoms with van der Waals surface area (Å²) < 4.78 is 0. The molecule has 0 aromatic heterocycles. The average molecular weight is 170 g/mol. The lowest BCUT2D eigenvalue weighted by atomic mass is 9.78. The molecule has 0 aliphatic rings. The first-order chi connectivity index (χ1) is 5.67. The maximum absolute atomic E-state index is 2.37. The number of rotatable bonds is 6. The van der Waals surface area contributed by atoms with Gasteiger partial charge in [-0.15, -0.1) is 0 Å². The zero-order chi connectivity index (χ0) is 9.56. The molecule has 0 nitrogen and oxygen atoms in total. The van der Waals surface area contributed by atoms with Gasteiger partial charge in [-0.25, -0.2) is 0 Å². The van der Waals surface area contributed by atoms with Crippen LogP contribution in [-0.2, 0) is 0 Å². The van der Waals surface area contributed by atoms with Crippen LogP contribution in [0.4, 0.5) is 0 Å². The molecule has 0 aliphatic carbocycles. The fourth-order valence-corrected chi connectivity index (χ4v) is 2.34. The fourth-order valence-electron chi connectivity index (χ4n) is 2.34. The Labute approximate surface area is 78.8 Å². The van der Waals surface area contributed by atoms with E-state index >= 15 is 0 Å². The molecule has 0 spiro atoms. The lowest BCUT2D eigenvalue weighted by Crippen LogP contribution is -2.19. The molecule has 0 amide bonds. The quantitative estimate of drug-likeness (QED) is 0.551. The Bertz CT molecular complexity index is 90.2. The highest BCUT2D eigenvalue weighted by atomic mass is 14.3. The van der Waals surface area contributed by atoms with Gasteiger partial charge in [-0.2, -0.15) is 0 Å². The van der Waals surface area contributed by atoms with Crippen molar-refractivity contribution in [2.24, 2.45) is 17.8 Å². The van der Waals surface area contributed by atoms with Gasteiger partial charge < -0.3 is 0 Å². The molecule has 0 bridgehead atoms. The number of hydrogen-bond donors (Lipinski definition) is 0. The second kappa shape index (κ2) is 6.51. The normalized spacial score (nSPS) is 14.2. The smallest absolute Gasteiger partial charge is 0.0363 e. The summed E-state index contributed by atoms with van der Waals surface area (Å²) in [7, 11) is 0. The van der Waals surface area contributed by atoms with Crippen molar-refractivity contribution in [3.05, 3.63) is 0 Å². The largest absolute Gasteiger partial charge is 0.0654 e. The summed E-state index contributed by atoms with van der Waals surface area (Å²) in [5.74, 6) is 2.80. The molecule has 0 aromatic rings. The van der Waals surface area contributed by atoms with E-state index < -0.39 is 0 Å². The lowest BCUT2D eigenvalue weighted by molar-refractivity contribution is 0.223. The summed E-state index contributed by atoms with van der Waals surface area (Å²) in [6, 6.07) is 0. The van der Waals surface area contributed by atoms with E-state index in [9.17, 15) is 0 Å². The van der Waals surface area contributed by atoms with Crippen molar-refractivity contribution in [3.8, 4) is 0 Å². The zero-order valence-electron chi connectivity index (χ0n) is 9.56. The van der Waals surface area contributed by atoms with Crippen molar-refractivity contribution in [2.75, 3.05) is 0 Å². The molecular weight excluding hydrogens is 144 g/mol. The van der Waals surface area contributed by atoms with Crippen molar-refractivity contribution in [2.45, 2.75) is 60.3 Å². The van der Waals surface area contributed by atoms with Crippen molar-refractivity contribution in [3.63, 3.8) is 0 Å². The first-order valence-corrected chi connectivity index (χ1v) is 5.67. The first-order valence-electron chi connectivity index (χ1n) is 5.67. The molecular formula is C12H26. The minimum atomic E-state index is 0.870. The number of hydrogen-bond acceptors (Lipinski definition) is 0. The Morgan fingerprint density at radius 3 is 1.67 bits per heavy atom. The van der Waals surface area contributed by atoms with Gasteiger partial charge in [-0.3, -0.25) is 0 Å². The van der Waals surface area contributed by atoms with E-state index in [-0.39, 0.29) is 0 Å². The molecule has 0 N–H and O–H groups in total. The van der Waals surface area contributed by atoms with E-state index in [1.54, 1.807) is 0 Å². The predicted molar refractivity (Wildman–Crippen MR) is 57.3 cm³/mol. The van der Waals surface area contributed by atoms with Crippen LogP contribution in [0.2, 0.25) is 0 Å². The van der Waals surface area contributed by atoms with E-state index in [0.29, 0.717) is 0 Å². The third-order valence-electron chi connectivity index (χ3n) is 3.13. The molecule has 0 saturated carbocycles. The Balaban J connectivity index is 4.05. The van der Waals surface area contributed by atoms with E-state index in [1.165, 1.54) is 25.7 Å². The predicted octanol–water partition coefficient (Wildman–Crippen LogP) is 4.49. The van der Waals surface area contributed by atoms with E-state index in [2.05, 4.69) is 34.6 Å². The Morgan fingerprint density at radius 2 is 1.42 bits per heavy atom. The maximum Gasteiger partial charge on any atom is -0.0363 e. The summed E-state index contributed by atoms with van der Waals surface area (Å²) in [5, 5.41) is 0. The minimum absolute atomic E-state index is 0.870. The molecule has 1 unspecified atom stereocenters. The van der Waals surface area contributed by atoms with Crippen molar-refractivity contribution < 1.29 is 0 Å². The molecule has 0 rings (SSSR count). The van der Waals surface area contributed by atoms with Crippen LogP contribution >= 0.6 is 0 Å². The summed E-state index contributed by atoms with van der Waals surface area (Å²) in [6.07, 6.45) is 5.49. The summed E-state index contributed by atoms with van der Waals surface area (Å²) in [5.41, 5.74) is 0. The van der Waals surface area contributed by atoms with Crippen molar-refractivity contribution >= 4 is 0 Å². The topological polar surface area (TPSA) is 0 Å². The highest BCUT2D eigenvalue weighted by molar-refractivity contribution is 4.70. The van der Waals surface area contributed by atoms with Crippen LogP contribution in [0.15, 0.2) is 0 Å². The molecule has 12 heavy (non-hydrogen) atoms. The molecule has 0 heteroatoms. The highest BCUT2D eigenvalue weighted by Crippen LogP contribution is 2.30. The third kappa shape index (κ3) is 3.60.